The number of ether oxygens (including phenoxy) is 1. The Morgan fingerprint density at radius 3 is 2.95 bits per heavy atom. The second kappa shape index (κ2) is 4.94. The maximum atomic E-state index is 9.76. The summed E-state index contributed by atoms with van der Waals surface area (Å²) in [5.74, 6) is 1.26. The summed E-state index contributed by atoms with van der Waals surface area (Å²) in [5, 5.41) is 10.8. The molecule has 100 valence electrons. The van der Waals surface area contributed by atoms with Crippen molar-refractivity contribution in [3.63, 3.8) is 0 Å². The predicted molar refractivity (Wildman–Crippen MR) is 75.9 cm³/mol. The maximum absolute atomic E-state index is 9.76. The molecule has 0 fully saturated rings. The van der Waals surface area contributed by atoms with Gasteiger partial charge in [-0.25, -0.2) is 4.98 Å². The molecule has 2 atom stereocenters. The van der Waals surface area contributed by atoms with Crippen LogP contribution in [0, 0.1) is 6.92 Å². The van der Waals surface area contributed by atoms with Crippen LogP contribution in [0.5, 0.6) is 5.75 Å². The van der Waals surface area contributed by atoms with Gasteiger partial charge in [0.1, 0.15) is 10.8 Å². The summed E-state index contributed by atoms with van der Waals surface area (Å²) in [5.41, 5.74) is 2.15. The van der Waals surface area contributed by atoms with E-state index in [1.807, 2.05) is 25.1 Å². The van der Waals surface area contributed by atoms with E-state index in [0.717, 1.165) is 34.4 Å². The number of hydrogen-bond donors (Lipinski definition) is 1. The standard InChI is InChI=1S/C15H17NO2S/c1-9-14(10(2)17)19-15(16-9)12-7-8-18-13-6-4-3-5-11(12)13/h3-6,10,12,17H,7-8H2,1-2H3. The van der Waals surface area contributed by atoms with E-state index in [1.54, 1.807) is 18.3 Å². The van der Waals surface area contributed by atoms with Crippen molar-refractivity contribution >= 4 is 11.3 Å². The largest absolute Gasteiger partial charge is 0.493 e. The van der Waals surface area contributed by atoms with Crippen molar-refractivity contribution in [1.29, 1.82) is 0 Å². The first-order chi connectivity index (χ1) is 9.16. The van der Waals surface area contributed by atoms with Crippen molar-refractivity contribution in [3.8, 4) is 5.75 Å². The third kappa shape index (κ3) is 2.26. The molecule has 1 aromatic heterocycles. The zero-order valence-corrected chi connectivity index (χ0v) is 11.9. The average Bonchev–Trinajstić information content (AvgIpc) is 2.80. The van der Waals surface area contributed by atoms with Crippen LogP contribution in [-0.4, -0.2) is 16.7 Å². The highest BCUT2D eigenvalue weighted by atomic mass is 32.1. The first-order valence-electron chi connectivity index (χ1n) is 6.54. The van der Waals surface area contributed by atoms with Crippen LogP contribution in [0.1, 0.15) is 46.5 Å². The van der Waals surface area contributed by atoms with E-state index in [0.29, 0.717) is 5.92 Å². The van der Waals surface area contributed by atoms with Gasteiger partial charge < -0.3 is 9.84 Å². The van der Waals surface area contributed by atoms with Crippen LogP contribution in [-0.2, 0) is 0 Å². The molecule has 0 saturated heterocycles. The van der Waals surface area contributed by atoms with Crippen LogP contribution in [0.4, 0.5) is 0 Å². The summed E-state index contributed by atoms with van der Waals surface area (Å²) in [6.07, 6.45) is 0.504. The van der Waals surface area contributed by atoms with E-state index in [-0.39, 0.29) is 0 Å². The highest BCUT2D eigenvalue weighted by Crippen LogP contribution is 2.40. The summed E-state index contributed by atoms with van der Waals surface area (Å²) in [6.45, 7) is 4.49. The quantitative estimate of drug-likeness (QED) is 0.913. The number of rotatable bonds is 2. The molecule has 2 unspecified atom stereocenters. The van der Waals surface area contributed by atoms with Gasteiger partial charge in [-0.15, -0.1) is 11.3 Å². The third-order valence-electron chi connectivity index (χ3n) is 3.49. The molecule has 19 heavy (non-hydrogen) atoms. The SMILES string of the molecule is Cc1nc(C2CCOc3ccccc32)sc1C(C)O. The number of benzene rings is 1. The summed E-state index contributed by atoms with van der Waals surface area (Å²) < 4.78 is 5.69. The Labute approximate surface area is 116 Å². The lowest BCUT2D eigenvalue weighted by Crippen LogP contribution is -2.14. The zero-order chi connectivity index (χ0) is 13.4. The van der Waals surface area contributed by atoms with E-state index in [9.17, 15) is 5.11 Å². The molecule has 1 aliphatic heterocycles. The van der Waals surface area contributed by atoms with Gasteiger partial charge in [-0.2, -0.15) is 0 Å². The lowest BCUT2D eigenvalue weighted by atomic mass is 9.94. The number of thiazole rings is 1. The fourth-order valence-corrected chi connectivity index (χ4v) is 3.72. The van der Waals surface area contributed by atoms with Crippen molar-refractivity contribution in [2.75, 3.05) is 6.61 Å². The van der Waals surface area contributed by atoms with Gasteiger partial charge in [0.25, 0.3) is 0 Å². The molecule has 0 spiro atoms. The lowest BCUT2D eigenvalue weighted by Gasteiger charge is -2.24. The number of hydrogen-bond acceptors (Lipinski definition) is 4. The molecule has 1 aliphatic rings. The monoisotopic (exact) mass is 275 g/mol. The topological polar surface area (TPSA) is 42.4 Å². The van der Waals surface area contributed by atoms with E-state index >= 15 is 0 Å². The normalized spacial score (nSPS) is 19.6. The van der Waals surface area contributed by atoms with Gasteiger partial charge >= 0.3 is 0 Å². The van der Waals surface area contributed by atoms with Crippen molar-refractivity contribution in [1.82, 2.24) is 4.98 Å². The van der Waals surface area contributed by atoms with Crippen molar-refractivity contribution < 1.29 is 9.84 Å². The summed E-state index contributed by atoms with van der Waals surface area (Å²) in [4.78, 5) is 5.63. The highest BCUT2D eigenvalue weighted by molar-refractivity contribution is 7.12. The second-order valence-corrected chi connectivity index (χ2v) is 5.97. The molecule has 2 heterocycles. The first-order valence-corrected chi connectivity index (χ1v) is 7.35. The maximum Gasteiger partial charge on any atom is 0.123 e. The third-order valence-corrected chi connectivity index (χ3v) is 4.93. The van der Waals surface area contributed by atoms with Gasteiger partial charge in [-0.05, 0) is 26.3 Å². The van der Waals surface area contributed by atoms with Crippen LogP contribution < -0.4 is 4.74 Å². The minimum Gasteiger partial charge on any atom is -0.493 e. The number of aryl methyl sites for hydroxylation is 1. The fourth-order valence-electron chi connectivity index (χ4n) is 2.56. The van der Waals surface area contributed by atoms with Crippen molar-refractivity contribution in [3.05, 3.63) is 45.4 Å². The molecule has 0 radical (unpaired) electrons. The summed E-state index contributed by atoms with van der Waals surface area (Å²) in [6, 6.07) is 8.15. The van der Waals surface area contributed by atoms with Crippen molar-refractivity contribution in [2.24, 2.45) is 0 Å². The van der Waals surface area contributed by atoms with Gasteiger partial charge in [-0.3, -0.25) is 0 Å². The molecule has 3 nitrogen and oxygen atoms in total. The minimum absolute atomic E-state index is 0.293. The molecule has 0 saturated carbocycles. The Morgan fingerprint density at radius 2 is 2.21 bits per heavy atom. The van der Waals surface area contributed by atoms with E-state index in [1.165, 1.54) is 5.56 Å². The zero-order valence-electron chi connectivity index (χ0n) is 11.1. The Hall–Kier alpha value is -1.39. The van der Waals surface area contributed by atoms with Crippen LogP contribution in [0.15, 0.2) is 24.3 Å². The smallest absolute Gasteiger partial charge is 0.123 e. The van der Waals surface area contributed by atoms with E-state index < -0.39 is 6.10 Å². The number of aromatic nitrogens is 1. The molecular weight excluding hydrogens is 258 g/mol. The first kappa shape index (κ1) is 12.6. The van der Waals surface area contributed by atoms with Crippen LogP contribution in [0.2, 0.25) is 0 Å². The molecule has 0 amide bonds. The van der Waals surface area contributed by atoms with Gasteiger partial charge in [0, 0.05) is 11.5 Å². The van der Waals surface area contributed by atoms with E-state index in [2.05, 4.69) is 11.1 Å². The van der Waals surface area contributed by atoms with E-state index in [4.69, 9.17) is 4.74 Å². The van der Waals surface area contributed by atoms with Gasteiger partial charge in [0.05, 0.1) is 23.3 Å². The molecule has 4 heteroatoms. The van der Waals surface area contributed by atoms with Crippen LogP contribution in [0.3, 0.4) is 0 Å². The van der Waals surface area contributed by atoms with Gasteiger partial charge in [-0.1, -0.05) is 18.2 Å². The van der Waals surface area contributed by atoms with Gasteiger partial charge in [0.2, 0.25) is 0 Å². The Morgan fingerprint density at radius 1 is 1.42 bits per heavy atom. The fraction of sp³-hybridized carbons (Fsp3) is 0.400. The molecule has 1 aromatic carbocycles. The number of nitrogens with zero attached hydrogens (tertiary/aromatic N) is 1. The predicted octanol–water partition coefficient (Wildman–Crippen LogP) is 3.42. The molecule has 0 aliphatic carbocycles. The molecule has 1 N–H and O–H groups in total. The summed E-state index contributed by atoms with van der Waals surface area (Å²) in [7, 11) is 0. The average molecular weight is 275 g/mol. The number of aliphatic hydroxyl groups excluding tert-OH is 1. The number of para-hydroxylation sites is 1. The molecule has 0 bridgehead atoms. The molecule has 2 aromatic rings. The number of fused-ring (bicyclic) bond motifs is 1. The molecule has 3 rings (SSSR count). The van der Waals surface area contributed by atoms with Crippen LogP contribution in [0.25, 0.3) is 0 Å². The lowest BCUT2D eigenvalue weighted by molar-refractivity contribution is 0.202. The van der Waals surface area contributed by atoms with Crippen LogP contribution >= 0.6 is 11.3 Å². The van der Waals surface area contributed by atoms with Gasteiger partial charge in [0.15, 0.2) is 0 Å². The number of aliphatic hydroxyl groups is 1. The summed E-state index contributed by atoms with van der Waals surface area (Å²) >= 11 is 1.62. The van der Waals surface area contributed by atoms with Crippen molar-refractivity contribution in [2.45, 2.75) is 32.3 Å². The minimum atomic E-state index is -0.443. The molecular formula is C15H17NO2S. The Kier molecular flexibility index (Phi) is 3.29. The Bertz CT molecular complexity index is 592. The second-order valence-electron chi connectivity index (χ2n) is 4.91. The highest BCUT2D eigenvalue weighted by Gasteiger charge is 2.26. The Balaban J connectivity index is 2.02.